The number of aliphatic hydroxyl groups is 1. The van der Waals surface area contributed by atoms with Gasteiger partial charge in [-0.25, -0.2) is 0 Å². The van der Waals surface area contributed by atoms with Gasteiger partial charge < -0.3 is 10.4 Å². The molecule has 1 aliphatic carbocycles. The van der Waals surface area contributed by atoms with Gasteiger partial charge in [0.25, 0.3) is 5.91 Å². The Hall–Kier alpha value is -1.86. The first-order chi connectivity index (χ1) is 10.3. The van der Waals surface area contributed by atoms with Crippen molar-refractivity contribution in [2.45, 2.75) is 51.6 Å². The highest BCUT2D eigenvalue weighted by Crippen LogP contribution is 2.47. The number of benzene rings is 1. The molecule has 1 saturated carbocycles. The summed E-state index contributed by atoms with van der Waals surface area (Å²) in [4.78, 5) is 12.2. The lowest BCUT2D eigenvalue weighted by molar-refractivity contribution is 0.0902. The molecule has 0 heterocycles. The van der Waals surface area contributed by atoms with E-state index in [1.165, 1.54) is 0 Å². The van der Waals surface area contributed by atoms with Crippen LogP contribution in [-0.4, -0.2) is 23.7 Å². The Morgan fingerprint density at radius 2 is 2.00 bits per heavy atom. The van der Waals surface area contributed by atoms with Gasteiger partial charge in [0.2, 0.25) is 0 Å². The topological polar surface area (TPSA) is 73.1 Å². The van der Waals surface area contributed by atoms with Crippen LogP contribution in [0.3, 0.4) is 0 Å². The summed E-state index contributed by atoms with van der Waals surface area (Å²) in [5.74, 6) is -0.118. The lowest BCUT2D eigenvalue weighted by atomic mass is 9.87. The van der Waals surface area contributed by atoms with Crippen LogP contribution in [0.15, 0.2) is 24.3 Å². The molecule has 4 nitrogen and oxygen atoms in total. The van der Waals surface area contributed by atoms with Gasteiger partial charge in [-0.1, -0.05) is 26.0 Å². The van der Waals surface area contributed by atoms with E-state index < -0.39 is 0 Å². The van der Waals surface area contributed by atoms with Crippen molar-refractivity contribution in [2.24, 2.45) is 5.41 Å². The van der Waals surface area contributed by atoms with E-state index in [-0.39, 0.29) is 22.8 Å². The first kappa shape index (κ1) is 16.5. The molecular weight excluding hydrogens is 276 g/mol. The fraction of sp³-hybridized carbons (Fsp3) is 0.556. The molecule has 0 aliphatic heterocycles. The molecule has 1 atom stereocenters. The average Bonchev–Trinajstić information content (AvgIpc) is 3.25. The summed E-state index contributed by atoms with van der Waals surface area (Å²) in [6.45, 7) is 6.31. The molecule has 1 aromatic carbocycles. The number of aliphatic hydroxyl groups excluding tert-OH is 1. The van der Waals surface area contributed by atoms with E-state index >= 15 is 0 Å². The zero-order valence-electron chi connectivity index (χ0n) is 13.5. The maximum absolute atomic E-state index is 12.2. The normalized spacial score (nSPS) is 17.4. The number of nitrogens with one attached hydrogen (secondary N) is 1. The molecule has 22 heavy (non-hydrogen) atoms. The average molecular weight is 300 g/mol. The maximum atomic E-state index is 12.2. The molecular formula is C18H24N2O2. The summed E-state index contributed by atoms with van der Waals surface area (Å²) < 4.78 is 0. The molecule has 118 valence electrons. The predicted molar refractivity (Wildman–Crippen MR) is 85.4 cm³/mol. The number of carbonyl (C=O) groups is 1. The molecule has 4 heteroatoms. The number of nitriles is 1. The van der Waals surface area contributed by atoms with Crippen LogP contribution >= 0.6 is 0 Å². The summed E-state index contributed by atoms with van der Waals surface area (Å²) in [6.07, 6.45) is 2.06. The Kier molecular flexibility index (Phi) is 4.58. The fourth-order valence-corrected chi connectivity index (χ4v) is 2.82. The third kappa shape index (κ3) is 3.86. The summed E-state index contributed by atoms with van der Waals surface area (Å²) in [5.41, 5.74) is 1.14. The van der Waals surface area contributed by atoms with Gasteiger partial charge in [-0.3, -0.25) is 4.79 Å². The molecule has 0 radical (unpaired) electrons. The van der Waals surface area contributed by atoms with Gasteiger partial charge in [0.15, 0.2) is 0 Å². The van der Waals surface area contributed by atoms with E-state index in [0.29, 0.717) is 18.5 Å². The Morgan fingerprint density at radius 3 is 2.45 bits per heavy atom. The quantitative estimate of drug-likeness (QED) is 0.848. The van der Waals surface area contributed by atoms with Crippen LogP contribution in [0.1, 0.15) is 56.0 Å². The van der Waals surface area contributed by atoms with Gasteiger partial charge in [0, 0.05) is 12.1 Å². The predicted octanol–water partition coefficient (Wildman–Crippen LogP) is 2.77. The number of carbonyl (C=O) groups excluding carboxylic acids is 1. The van der Waals surface area contributed by atoms with Crippen LogP contribution in [0.4, 0.5) is 0 Å². The molecule has 0 aromatic heterocycles. The van der Waals surface area contributed by atoms with Crippen molar-refractivity contribution < 1.29 is 9.90 Å². The highest BCUT2D eigenvalue weighted by atomic mass is 16.3. The largest absolute Gasteiger partial charge is 0.393 e. The zero-order chi connectivity index (χ0) is 16.4. The van der Waals surface area contributed by atoms with Crippen LogP contribution in [0, 0.1) is 16.7 Å². The van der Waals surface area contributed by atoms with Crippen molar-refractivity contribution in [1.29, 1.82) is 5.26 Å². The van der Waals surface area contributed by atoms with Crippen molar-refractivity contribution in [1.82, 2.24) is 5.32 Å². The molecule has 1 amide bonds. The Balaban J connectivity index is 1.95. The van der Waals surface area contributed by atoms with Gasteiger partial charge in [0.1, 0.15) is 0 Å². The molecule has 0 bridgehead atoms. The molecule has 2 rings (SSSR count). The molecule has 1 unspecified atom stereocenters. The van der Waals surface area contributed by atoms with Crippen molar-refractivity contribution in [3.8, 4) is 6.07 Å². The van der Waals surface area contributed by atoms with E-state index in [9.17, 15) is 15.2 Å². The van der Waals surface area contributed by atoms with Crippen molar-refractivity contribution in [2.75, 3.05) is 6.54 Å². The molecule has 1 aromatic rings. The van der Waals surface area contributed by atoms with E-state index in [0.717, 1.165) is 18.4 Å². The van der Waals surface area contributed by atoms with Crippen molar-refractivity contribution in [3.63, 3.8) is 0 Å². The fourth-order valence-electron chi connectivity index (χ4n) is 2.82. The Morgan fingerprint density at radius 1 is 1.41 bits per heavy atom. The maximum Gasteiger partial charge on any atom is 0.251 e. The van der Waals surface area contributed by atoms with Crippen LogP contribution in [0.25, 0.3) is 0 Å². The SMILES string of the molecule is CC(O)CC(C)(C)CNC(=O)c1ccc(C2(C#N)CC2)cc1. The second-order valence-electron chi connectivity index (χ2n) is 7.17. The smallest absolute Gasteiger partial charge is 0.251 e. The second kappa shape index (κ2) is 6.10. The third-order valence-electron chi connectivity index (χ3n) is 4.24. The molecule has 1 aliphatic rings. The van der Waals surface area contributed by atoms with Gasteiger partial charge >= 0.3 is 0 Å². The number of hydrogen-bond acceptors (Lipinski definition) is 3. The van der Waals surface area contributed by atoms with Gasteiger partial charge in [0.05, 0.1) is 17.6 Å². The standard InChI is InChI=1S/C18H24N2O2/c1-13(21)10-17(2,3)12-20-16(22)14-4-6-15(7-5-14)18(11-19)8-9-18/h4-7,13,21H,8-10,12H2,1-3H3,(H,20,22). The third-order valence-corrected chi connectivity index (χ3v) is 4.24. The summed E-state index contributed by atoms with van der Waals surface area (Å²) in [7, 11) is 0. The van der Waals surface area contributed by atoms with E-state index in [1.807, 2.05) is 26.0 Å². The first-order valence-electron chi connectivity index (χ1n) is 7.76. The van der Waals surface area contributed by atoms with E-state index in [2.05, 4.69) is 11.4 Å². The minimum atomic E-state index is -0.383. The minimum absolute atomic E-state index is 0.118. The molecule has 1 fully saturated rings. The molecule has 2 N–H and O–H groups in total. The van der Waals surface area contributed by atoms with Gasteiger partial charge in [-0.05, 0) is 49.3 Å². The lowest BCUT2D eigenvalue weighted by Gasteiger charge is -2.26. The minimum Gasteiger partial charge on any atom is -0.393 e. The van der Waals surface area contributed by atoms with Crippen molar-refractivity contribution >= 4 is 5.91 Å². The highest BCUT2D eigenvalue weighted by Gasteiger charge is 2.44. The number of hydrogen-bond donors (Lipinski definition) is 2. The van der Waals surface area contributed by atoms with Crippen LogP contribution in [0.5, 0.6) is 0 Å². The first-order valence-corrected chi connectivity index (χ1v) is 7.76. The molecule has 0 saturated heterocycles. The van der Waals surface area contributed by atoms with Crippen molar-refractivity contribution in [3.05, 3.63) is 35.4 Å². The highest BCUT2D eigenvalue weighted by molar-refractivity contribution is 5.94. The second-order valence-corrected chi connectivity index (χ2v) is 7.17. The lowest BCUT2D eigenvalue weighted by Crippen LogP contribution is -2.35. The number of rotatable bonds is 6. The van der Waals surface area contributed by atoms with Gasteiger partial charge in [-0.15, -0.1) is 0 Å². The summed E-state index contributed by atoms with van der Waals surface area (Å²) in [6, 6.07) is 9.68. The Labute approximate surface area is 132 Å². The van der Waals surface area contributed by atoms with Gasteiger partial charge in [-0.2, -0.15) is 5.26 Å². The summed E-state index contributed by atoms with van der Waals surface area (Å²) in [5, 5.41) is 21.6. The summed E-state index contributed by atoms with van der Waals surface area (Å²) >= 11 is 0. The van der Waals surface area contributed by atoms with E-state index in [1.54, 1.807) is 19.1 Å². The molecule has 0 spiro atoms. The van der Waals surface area contributed by atoms with Crippen LogP contribution in [0.2, 0.25) is 0 Å². The Bertz CT molecular complexity index is 578. The zero-order valence-corrected chi connectivity index (χ0v) is 13.5. The number of nitrogens with zero attached hydrogens (tertiary/aromatic N) is 1. The number of amides is 1. The van der Waals surface area contributed by atoms with Crippen LogP contribution in [-0.2, 0) is 5.41 Å². The van der Waals surface area contributed by atoms with Crippen LogP contribution < -0.4 is 5.32 Å². The van der Waals surface area contributed by atoms with E-state index in [4.69, 9.17) is 0 Å². The monoisotopic (exact) mass is 300 g/mol.